The number of rotatable bonds is 10. The Morgan fingerprint density at radius 3 is 2.75 bits per heavy atom. The first-order chi connectivity index (χ1) is 11.2. The molecule has 0 spiro atoms. The summed E-state index contributed by atoms with van der Waals surface area (Å²) in [6.45, 7) is 4.39. The zero-order valence-electron chi connectivity index (χ0n) is 14.7. The second-order valence-corrected chi connectivity index (χ2v) is 6.55. The van der Waals surface area contributed by atoms with Crippen molar-refractivity contribution in [2.24, 2.45) is 4.99 Å². The third kappa shape index (κ3) is 9.96. The molecule has 1 rings (SSSR count). The van der Waals surface area contributed by atoms with Gasteiger partial charge in [-0.3, -0.25) is 4.99 Å². The lowest BCUT2D eigenvalue weighted by molar-refractivity contribution is 0.111. The standard InChI is InChI=1S/C17H28ClN3OS.HI/c1-4-19-17(20-10-5-6-11-23-3)21-13-16(22-2)14-8-7-9-15(18)12-14;/h7-9,12,16H,4-6,10-11,13H2,1-3H3,(H2,19,20,21);1H. The van der Waals surface area contributed by atoms with E-state index in [9.17, 15) is 0 Å². The fraction of sp³-hybridized carbons (Fsp3) is 0.588. The zero-order valence-corrected chi connectivity index (χ0v) is 18.6. The molecule has 0 bridgehead atoms. The van der Waals surface area contributed by atoms with Crippen LogP contribution in [0.2, 0.25) is 5.02 Å². The number of benzene rings is 1. The molecule has 1 unspecified atom stereocenters. The number of unbranched alkanes of at least 4 members (excludes halogenated alkanes) is 1. The Balaban J connectivity index is 0.00000529. The Bertz CT molecular complexity index is 477. The van der Waals surface area contributed by atoms with Gasteiger partial charge in [0.05, 0.1) is 6.54 Å². The Kier molecular flexibility index (Phi) is 15.0. The Morgan fingerprint density at radius 1 is 1.33 bits per heavy atom. The van der Waals surface area contributed by atoms with Crippen molar-refractivity contribution in [3.8, 4) is 0 Å². The van der Waals surface area contributed by atoms with Gasteiger partial charge < -0.3 is 15.4 Å². The number of ether oxygens (including phenoxy) is 1. The molecule has 0 radical (unpaired) electrons. The first-order valence-corrected chi connectivity index (χ1v) is 9.77. The second kappa shape index (κ2) is 15.1. The molecule has 0 aliphatic carbocycles. The van der Waals surface area contributed by atoms with Crippen molar-refractivity contribution in [3.05, 3.63) is 34.9 Å². The molecule has 7 heteroatoms. The summed E-state index contributed by atoms with van der Waals surface area (Å²) >= 11 is 7.94. The minimum atomic E-state index is -0.0966. The number of nitrogens with zero attached hydrogens (tertiary/aromatic N) is 1. The lowest BCUT2D eigenvalue weighted by Gasteiger charge is -2.16. The van der Waals surface area contributed by atoms with Crippen LogP contribution >= 0.6 is 47.3 Å². The lowest BCUT2D eigenvalue weighted by Crippen LogP contribution is -2.38. The molecule has 2 N–H and O–H groups in total. The van der Waals surface area contributed by atoms with E-state index in [2.05, 4.69) is 28.8 Å². The van der Waals surface area contributed by atoms with Crippen LogP contribution < -0.4 is 10.6 Å². The van der Waals surface area contributed by atoms with Crippen molar-refractivity contribution in [1.29, 1.82) is 0 Å². The van der Waals surface area contributed by atoms with E-state index in [1.807, 2.05) is 36.0 Å². The molecular weight excluding hydrogens is 457 g/mol. The van der Waals surface area contributed by atoms with Gasteiger partial charge in [-0.1, -0.05) is 23.7 Å². The minimum Gasteiger partial charge on any atom is -0.375 e. The molecule has 4 nitrogen and oxygen atoms in total. The number of guanidine groups is 1. The summed E-state index contributed by atoms with van der Waals surface area (Å²) in [5, 5.41) is 7.35. The normalized spacial score (nSPS) is 12.4. The van der Waals surface area contributed by atoms with E-state index in [1.54, 1.807) is 7.11 Å². The fourth-order valence-electron chi connectivity index (χ4n) is 2.12. The van der Waals surface area contributed by atoms with E-state index in [4.69, 9.17) is 16.3 Å². The average Bonchev–Trinajstić information content (AvgIpc) is 2.55. The van der Waals surface area contributed by atoms with Gasteiger partial charge in [-0.15, -0.1) is 24.0 Å². The van der Waals surface area contributed by atoms with Gasteiger partial charge in [-0.05, 0) is 49.5 Å². The maximum atomic E-state index is 6.05. The van der Waals surface area contributed by atoms with E-state index < -0.39 is 0 Å². The van der Waals surface area contributed by atoms with Gasteiger partial charge in [0.15, 0.2) is 5.96 Å². The molecule has 1 aromatic carbocycles. The van der Waals surface area contributed by atoms with Crippen molar-refractivity contribution < 1.29 is 4.74 Å². The Morgan fingerprint density at radius 2 is 2.12 bits per heavy atom. The first-order valence-electron chi connectivity index (χ1n) is 8.00. The molecule has 138 valence electrons. The van der Waals surface area contributed by atoms with Crippen LogP contribution in [0.4, 0.5) is 0 Å². The monoisotopic (exact) mass is 485 g/mol. The van der Waals surface area contributed by atoms with Gasteiger partial charge in [0.1, 0.15) is 6.10 Å². The molecule has 24 heavy (non-hydrogen) atoms. The molecular formula is C17H29ClIN3OS. The van der Waals surface area contributed by atoms with Crippen LogP contribution in [0.15, 0.2) is 29.3 Å². The second-order valence-electron chi connectivity index (χ2n) is 5.13. The topological polar surface area (TPSA) is 45.7 Å². The lowest BCUT2D eigenvalue weighted by atomic mass is 10.1. The van der Waals surface area contributed by atoms with Crippen molar-refractivity contribution in [3.63, 3.8) is 0 Å². The van der Waals surface area contributed by atoms with Crippen LogP contribution in [-0.4, -0.2) is 44.7 Å². The highest BCUT2D eigenvalue weighted by Crippen LogP contribution is 2.20. The van der Waals surface area contributed by atoms with E-state index in [1.165, 1.54) is 12.2 Å². The third-order valence-corrected chi connectivity index (χ3v) is 4.26. The van der Waals surface area contributed by atoms with Crippen molar-refractivity contribution >= 4 is 53.3 Å². The summed E-state index contributed by atoms with van der Waals surface area (Å²) in [5.74, 6) is 2.04. The highest BCUT2D eigenvalue weighted by molar-refractivity contribution is 14.0. The van der Waals surface area contributed by atoms with Gasteiger partial charge in [0.25, 0.3) is 0 Å². The SMILES string of the molecule is CCNC(=NCC(OC)c1cccc(Cl)c1)NCCCCSC.I. The molecule has 0 heterocycles. The van der Waals surface area contributed by atoms with E-state index in [0.717, 1.165) is 31.0 Å². The first kappa shape index (κ1) is 23.8. The third-order valence-electron chi connectivity index (χ3n) is 3.33. The summed E-state index contributed by atoms with van der Waals surface area (Å²) < 4.78 is 5.55. The zero-order chi connectivity index (χ0) is 16.9. The van der Waals surface area contributed by atoms with E-state index in [0.29, 0.717) is 11.6 Å². The van der Waals surface area contributed by atoms with Crippen LogP contribution in [0.3, 0.4) is 0 Å². The van der Waals surface area contributed by atoms with Gasteiger partial charge in [-0.25, -0.2) is 0 Å². The average molecular weight is 486 g/mol. The largest absolute Gasteiger partial charge is 0.375 e. The number of hydrogen-bond donors (Lipinski definition) is 2. The molecule has 1 aromatic rings. The number of hydrogen-bond acceptors (Lipinski definition) is 3. The van der Waals surface area contributed by atoms with Crippen LogP contribution in [0, 0.1) is 0 Å². The fourth-order valence-corrected chi connectivity index (χ4v) is 2.81. The molecule has 0 amide bonds. The van der Waals surface area contributed by atoms with E-state index >= 15 is 0 Å². The number of halogens is 2. The van der Waals surface area contributed by atoms with Crippen LogP contribution in [0.5, 0.6) is 0 Å². The van der Waals surface area contributed by atoms with Crippen LogP contribution in [0.25, 0.3) is 0 Å². The molecule has 0 saturated carbocycles. The maximum absolute atomic E-state index is 6.05. The molecule has 0 aliphatic heterocycles. The minimum absolute atomic E-state index is 0. The predicted molar refractivity (Wildman–Crippen MR) is 118 cm³/mol. The molecule has 0 fully saturated rings. The Labute approximate surface area is 172 Å². The summed E-state index contributed by atoms with van der Waals surface area (Å²) in [6, 6.07) is 7.73. The van der Waals surface area contributed by atoms with Crippen molar-refractivity contribution in [2.45, 2.75) is 25.9 Å². The van der Waals surface area contributed by atoms with Gasteiger partial charge >= 0.3 is 0 Å². The van der Waals surface area contributed by atoms with Gasteiger partial charge in [0, 0.05) is 25.2 Å². The number of aliphatic imine (C=N–C) groups is 1. The highest BCUT2D eigenvalue weighted by Gasteiger charge is 2.10. The summed E-state index contributed by atoms with van der Waals surface area (Å²) in [7, 11) is 1.70. The summed E-state index contributed by atoms with van der Waals surface area (Å²) in [6.07, 6.45) is 4.41. The predicted octanol–water partition coefficient (Wildman–Crippen LogP) is 4.34. The Hall–Kier alpha value is -0.180. The van der Waals surface area contributed by atoms with Crippen LogP contribution in [-0.2, 0) is 4.74 Å². The smallest absolute Gasteiger partial charge is 0.191 e. The van der Waals surface area contributed by atoms with E-state index in [-0.39, 0.29) is 30.1 Å². The summed E-state index contributed by atoms with van der Waals surface area (Å²) in [5.41, 5.74) is 1.04. The number of thioether (sulfide) groups is 1. The van der Waals surface area contributed by atoms with Gasteiger partial charge in [-0.2, -0.15) is 11.8 Å². The molecule has 0 aliphatic rings. The quantitative estimate of drug-likeness (QED) is 0.224. The number of methoxy groups -OCH3 is 1. The van der Waals surface area contributed by atoms with Gasteiger partial charge in [0.2, 0.25) is 0 Å². The number of nitrogens with one attached hydrogen (secondary N) is 2. The molecule has 0 aromatic heterocycles. The molecule has 1 atom stereocenters. The van der Waals surface area contributed by atoms with Crippen molar-refractivity contribution in [2.75, 3.05) is 38.8 Å². The highest BCUT2D eigenvalue weighted by atomic mass is 127. The maximum Gasteiger partial charge on any atom is 0.191 e. The summed E-state index contributed by atoms with van der Waals surface area (Å²) in [4.78, 5) is 4.63. The molecule has 0 saturated heterocycles. The van der Waals surface area contributed by atoms with Crippen molar-refractivity contribution in [1.82, 2.24) is 10.6 Å². The van der Waals surface area contributed by atoms with Crippen LogP contribution in [0.1, 0.15) is 31.4 Å².